The average Bonchev–Trinajstić information content (AvgIpc) is 3.35. The molecule has 0 heterocycles. The maximum atomic E-state index is 14.1. The number of allylic oxidation sites excluding steroid dienone is 2. The summed E-state index contributed by atoms with van der Waals surface area (Å²) in [5, 5.41) is -1.77. The molecule has 2 aromatic rings. The third-order valence-corrected chi connectivity index (χ3v) is 14.8. The fourth-order valence-corrected chi connectivity index (χ4v) is 14.8. The summed E-state index contributed by atoms with van der Waals surface area (Å²) in [5.41, 5.74) is -0.0708. The van der Waals surface area contributed by atoms with Gasteiger partial charge in [0.25, 0.3) is 0 Å². The van der Waals surface area contributed by atoms with Gasteiger partial charge in [-0.2, -0.15) is 0 Å². The molecule has 0 saturated heterocycles. The van der Waals surface area contributed by atoms with E-state index >= 15 is 0 Å². The Morgan fingerprint density at radius 3 is 1.47 bits per heavy atom. The average molecular weight is 467 g/mol. The summed E-state index contributed by atoms with van der Waals surface area (Å²) in [4.78, 5) is 0.500. The van der Waals surface area contributed by atoms with Crippen molar-refractivity contribution in [3.05, 3.63) is 72.8 Å². The van der Waals surface area contributed by atoms with Crippen molar-refractivity contribution >= 4 is 19.7 Å². The van der Waals surface area contributed by atoms with Gasteiger partial charge in [0.05, 0.1) is 20.3 Å². The Labute approximate surface area is 189 Å². The molecule has 7 rings (SSSR count). The van der Waals surface area contributed by atoms with Crippen LogP contribution < -0.4 is 0 Å². The minimum atomic E-state index is -3.81. The van der Waals surface area contributed by atoms with Crippen molar-refractivity contribution in [2.24, 2.45) is 40.4 Å². The number of rotatable bonds is 4. The maximum Gasteiger partial charge on any atom is 0.182 e. The quantitative estimate of drug-likeness (QED) is 0.635. The van der Waals surface area contributed by atoms with Crippen LogP contribution in [0.3, 0.4) is 0 Å². The van der Waals surface area contributed by atoms with Crippen LogP contribution >= 0.6 is 0 Å². The first-order chi connectivity index (χ1) is 15.3. The first kappa shape index (κ1) is 19.5. The van der Waals surface area contributed by atoms with Crippen LogP contribution in [0, 0.1) is 40.4 Å². The van der Waals surface area contributed by atoms with Crippen molar-refractivity contribution in [1.29, 1.82) is 0 Å². The monoisotopic (exact) mass is 466 g/mol. The van der Waals surface area contributed by atoms with Crippen LogP contribution in [-0.2, 0) is 19.7 Å². The molecule has 2 aromatic carbocycles. The molecule has 6 heteroatoms. The summed E-state index contributed by atoms with van der Waals surface area (Å²) in [6.45, 7) is 2.26. The topological polar surface area (TPSA) is 68.3 Å². The largest absolute Gasteiger partial charge is 0.223 e. The lowest BCUT2D eigenvalue weighted by atomic mass is 9.73. The van der Waals surface area contributed by atoms with Gasteiger partial charge in [0.1, 0.15) is 0 Å². The Hall–Kier alpha value is -1.92. The summed E-state index contributed by atoms with van der Waals surface area (Å²) in [5.74, 6) is 0.965. The van der Waals surface area contributed by atoms with Crippen LogP contribution in [0.2, 0.25) is 0 Å². The first-order valence-corrected chi connectivity index (χ1v) is 14.7. The molecule has 0 radical (unpaired) electrons. The minimum Gasteiger partial charge on any atom is -0.223 e. The number of sulfone groups is 2. The van der Waals surface area contributed by atoms with E-state index in [0.29, 0.717) is 24.2 Å². The lowest BCUT2D eigenvalue weighted by molar-refractivity contribution is 0.209. The van der Waals surface area contributed by atoms with E-state index in [-0.39, 0.29) is 32.5 Å². The van der Waals surface area contributed by atoms with Crippen molar-refractivity contribution in [2.75, 3.05) is 0 Å². The molecule has 4 bridgehead atoms. The van der Waals surface area contributed by atoms with Gasteiger partial charge in [-0.1, -0.05) is 55.5 Å². The molecule has 0 spiro atoms. The van der Waals surface area contributed by atoms with Gasteiger partial charge in [-0.25, -0.2) is 16.8 Å². The van der Waals surface area contributed by atoms with Gasteiger partial charge in [-0.15, -0.1) is 0 Å². The molecule has 9 atom stereocenters. The van der Waals surface area contributed by atoms with Crippen LogP contribution in [0.5, 0.6) is 0 Å². The Morgan fingerprint density at radius 1 is 0.656 bits per heavy atom. The van der Waals surface area contributed by atoms with Gasteiger partial charge in [-0.3, -0.25) is 0 Å². The lowest BCUT2D eigenvalue weighted by Crippen LogP contribution is -2.50. The van der Waals surface area contributed by atoms with Gasteiger partial charge in [0.15, 0.2) is 19.7 Å². The van der Waals surface area contributed by atoms with Gasteiger partial charge >= 0.3 is 0 Å². The molecule has 4 nitrogen and oxygen atoms in total. The molecule has 4 fully saturated rings. The van der Waals surface area contributed by atoms with E-state index in [4.69, 9.17) is 0 Å². The van der Waals surface area contributed by atoms with Crippen LogP contribution in [0.4, 0.5) is 0 Å². The highest BCUT2D eigenvalue weighted by molar-refractivity contribution is 7.96. The first-order valence-electron chi connectivity index (χ1n) is 11.6. The molecule has 5 aliphatic rings. The van der Waals surface area contributed by atoms with E-state index in [0.717, 1.165) is 6.42 Å². The van der Waals surface area contributed by atoms with Crippen molar-refractivity contribution in [3.8, 4) is 0 Å². The maximum absolute atomic E-state index is 14.1. The highest BCUT2D eigenvalue weighted by atomic mass is 32.2. The van der Waals surface area contributed by atoms with Gasteiger partial charge in [0, 0.05) is 0 Å². The standard InChI is InChI=1S/C26H26O4S2/c1-16-25-17-12-13-18(14-17)26(16,25)22-15-21(25)23(31(27,28)19-8-4-2-5-9-19)24(22)32(29,30)20-10-6-3-7-11-20/h2-13,16-18,21-24H,14-15H2,1H3/t16?,17-,18-,21-,22-,23-,24+,25-,26+/m0/s1. The highest BCUT2D eigenvalue weighted by Gasteiger charge is 2.95. The zero-order valence-electron chi connectivity index (χ0n) is 17.8. The Balaban J connectivity index is 1.46. The second-order valence-electron chi connectivity index (χ2n) is 10.5. The lowest BCUT2D eigenvalue weighted by Gasteiger charge is -2.40. The number of benzene rings is 2. The summed E-state index contributed by atoms with van der Waals surface area (Å²) in [6.07, 6.45) is 6.39. The molecule has 0 N–H and O–H groups in total. The van der Waals surface area contributed by atoms with Crippen molar-refractivity contribution in [2.45, 2.75) is 40.1 Å². The Bertz CT molecular complexity index is 1260. The fraction of sp³-hybridized carbons (Fsp3) is 0.462. The third kappa shape index (κ3) is 1.83. The van der Waals surface area contributed by atoms with E-state index in [1.165, 1.54) is 0 Å². The van der Waals surface area contributed by atoms with E-state index in [1.54, 1.807) is 60.7 Å². The minimum absolute atomic E-state index is 0.0354. The van der Waals surface area contributed by atoms with Crippen LogP contribution in [0.15, 0.2) is 82.6 Å². The van der Waals surface area contributed by atoms with Gasteiger partial charge in [0.2, 0.25) is 0 Å². The third-order valence-electron chi connectivity index (χ3n) is 10.1. The fourth-order valence-electron chi connectivity index (χ4n) is 9.56. The van der Waals surface area contributed by atoms with Gasteiger partial charge in [-0.05, 0) is 77.5 Å². The number of hydrogen-bond donors (Lipinski definition) is 0. The predicted octanol–water partition coefficient (Wildman–Crippen LogP) is 4.15. The molecular weight excluding hydrogens is 440 g/mol. The smallest absolute Gasteiger partial charge is 0.182 e. The number of hydrogen-bond acceptors (Lipinski definition) is 4. The Kier molecular flexibility index (Phi) is 3.52. The second kappa shape index (κ2) is 5.76. The van der Waals surface area contributed by atoms with Crippen LogP contribution in [0.25, 0.3) is 0 Å². The van der Waals surface area contributed by atoms with Crippen molar-refractivity contribution in [3.63, 3.8) is 0 Å². The normalized spacial score (nSPS) is 45.1. The van der Waals surface area contributed by atoms with E-state index in [2.05, 4.69) is 19.1 Å². The molecule has 1 unspecified atom stereocenters. The van der Waals surface area contributed by atoms with Crippen LogP contribution in [0.1, 0.15) is 19.8 Å². The summed E-state index contributed by atoms with van der Waals surface area (Å²) in [7, 11) is -7.61. The van der Waals surface area contributed by atoms with Crippen LogP contribution in [-0.4, -0.2) is 27.3 Å². The summed E-state index contributed by atoms with van der Waals surface area (Å²) >= 11 is 0. The van der Waals surface area contributed by atoms with E-state index in [9.17, 15) is 16.8 Å². The zero-order valence-corrected chi connectivity index (χ0v) is 19.5. The van der Waals surface area contributed by atoms with Crippen molar-refractivity contribution in [1.82, 2.24) is 0 Å². The van der Waals surface area contributed by atoms with Gasteiger partial charge < -0.3 is 0 Å². The molecule has 4 saturated carbocycles. The summed E-state index contributed by atoms with van der Waals surface area (Å²) < 4.78 is 56.4. The molecular formula is C26H26O4S2. The molecule has 166 valence electrons. The second-order valence-corrected chi connectivity index (χ2v) is 14.7. The van der Waals surface area contributed by atoms with E-state index < -0.39 is 30.2 Å². The Morgan fingerprint density at radius 2 is 1.06 bits per heavy atom. The van der Waals surface area contributed by atoms with E-state index in [1.807, 2.05) is 0 Å². The molecule has 0 aromatic heterocycles. The molecule has 0 aliphatic heterocycles. The zero-order chi connectivity index (χ0) is 22.1. The highest BCUT2D eigenvalue weighted by Crippen LogP contribution is 2.96. The summed E-state index contributed by atoms with van der Waals surface area (Å²) in [6, 6.07) is 17.0. The molecule has 0 amide bonds. The number of fused-ring (bicyclic) bond motifs is 4. The molecule has 32 heavy (non-hydrogen) atoms. The van der Waals surface area contributed by atoms with Crippen molar-refractivity contribution < 1.29 is 16.8 Å². The SMILES string of the molecule is CC1[C@@]23[C@H]4C=C[C@@H](C4)[C@@]12[C@H]1C[C@H]3[C@H](S(=O)(=O)c2ccccc2)[C@@H]1S(=O)(=O)c1ccccc1. The predicted molar refractivity (Wildman–Crippen MR) is 121 cm³/mol. The molecule has 5 aliphatic carbocycles.